The van der Waals surface area contributed by atoms with Crippen LogP contribution in [-0.4, -0.2) is 29.1 Å². The summed E-state index contributed by atoms with van der Waals surface area (Å²) in [7, 11) is 0. The highest BCUT2D eigenvalue weighted by Gasteiger charge is 2.11. The number of rotatable bonds is 8. The number of carbonyl (C=O) groups is 3. The van der Waals surface area contributed by atoms with Crippen LogP contribution < -0.4 is 10.1 Å². The van der Waals surface area contributed by atoms with Gasteiger partial charge in [-0.2, -0.15) is 0 Å². The lowest BCUT2D eigenvalue weighted by Gasteiger charge is -2.07. The third kappa shape index (κ3) is 5.74. The van der Waals surface area contributed by atoms with Crippen molar-refractivity contribution in [3.63, 3.8) is 0 Å². The highest BCUT2D eigenvalue weighted by molar-refractivity contribution is 5.96. The Morgan fingerprint density at radius 1 is 1.00 bits per heavy atom. The molecule has 2 aromatic rings. The van der Waals surface area contributed by atoms with Crippen LogP contribution >= 0.6 is 0 Å². The SMILES string of the molecule is CCC(=O)c1ccc(OC(=O)CCNC(=O)c2ccc([N+](=O)[O-])cc2)cc1. The molecule has 0 spiro atoms. The molecule has 0 atom stereocenters. The summed E-state index contributed by atoms with van der Waals surface area (Å²) in [6.07, 6.45) is 0.349. The number of benzene rings is 2. The first-order chi connectivity index (χ1) is 12.9. The van der Waals surface area contributed by atoms with E-state index in [1.165, 1.54) is 36.4 Å². The molecular formula is C19H18N2O6. The van der Waals surface area contributed by atoms with E-state index in [-0.39, 0.29) is 30.0 Å². The summed E-state index contributed by atoms with van der Waals surface area (Å²) in [5.41, 5.74) is 0.694. The number of hydrogen-bond donors (Lipinski definition) is 1. The molecule has 2 aromatic carbocycles. The van der Waals surface area contributed by atoms with Crippen molar-refractivity contribution < 1.29 is 24.0 Å². The standard InChI is InChI=1S/C19H18N2O6/c1-2-17(22)13-5-9-16(10-6-13)27-18(23)11-12-20-19(24)14-3-7-15(8-4-14)21(25)26/h3-10H,2,11-12H2,1H3,(H,20,24). The summed E-state index contributed by atoms with van der Waals surface area (Å²) in [6.45, 7) is 1.82. The van der Waals surface area contributed by atoms with Crippen LogP contribution in [0.4, 0.5) is 5.69 Å². The second kappa shape index (κ2) is 9.23. The van der Waals surface area contributed by atoms with Gasteiger partial charge in [-0.05, 0) is 36.4 Å². The number of non-ortho nitro benzene ring substituents is 1. The van der Waals surface area contributed by atoms with Gasteiger partial charge in [0.25, 0.3) is 11.6 Å². The van der Waals surface area contributed by atoms with E-state index >= 15 is 0 Å². The van der Waals surface area contributed by atoms with Crippen LogP contribution in [0.3, 0.4) is 0 Å². The highest BCUT2D eigenvalue weighted by atomic mass is 16.6. The number of nitro groups is 1. The van der Waals surface area contributed by atoms with Crippen LogP contribution in [0, 0.1) is 10.1 Å². The number of Topliss-reactive ketones (excluding diaryl/α,β-unsaturated/α-hetero) is 1. The quantitative estimate of drug-likeness (QED) is 0.251. The molecule has 1 N–H and O–H groups in total. The molecule has 1 amide bonds. The van der Waals surface area contributed by atoms with Gasteiger partial charge in [0, 0.05) is 36.2 Å². The van der Waals surface area contributed by atoms with Gasteiger partial charge in [-0.15, -0.1) is 0 Å². The first-order valence-electron chi connectivity index (χ1n) is 8.27. The zero-order valence-electron chi connectivity index (χ0n) is 14.6. The Bertz CT molecular complexity index is 844. The van der Waals surface area contributed by atoms with Crippen LogP contribution in [0.1, 0.15) is 40.5 Å². The number of ketones is 1. The average Bonchev–Trinajstić information content (AvgIpc) is 2.67. The summed E-state index contributed by atoms with van der Waals surface area (Å²) in [4.78, 5) is 45.3. The molecule has 0 bridgehead atoms. The van der Waals surface area contributed by atoms with E-state index in [0.717, 1.165) is 0 Å². The van der Waals surface area contributed by atoms with Crippen LogP contribution in [0.5, 0.6) is 5.75 Å². The van der Waals surface area contributed by atoms with Crippen molar-refractivity contribution in [2.75, 3.05) is 6.54 Å². The fourth-order valence-electron chi connectivity index (χ4n) is 2.21. The van der Waals surface area contributed by atoms with E-state index in [9.17, 15) is 24.5 Å². The summed E-state index contributed by atoms with van der Waals surface area (Å²) in [5, 5.41) is 13.1. The highest BCUT2D eigenvalue weighted by Crippen LogP contribution is 2.14. The Hall–Kier alpha value is -3.55. The van der Waals surface area contributed by atoms with Crippen LogP contribution in [0.25, 0.3) is 0 Å². The Morgan fingerprint density at radius 2 is 1.59 bits per heavy atom. The molecule has 0 fully saturated rings. The van der Waals surface area contributed by atoms with Crippen molar-refractivity contribution >= 4 is 23.3 Å². The molecular weight excluding hydrogens is 352 g/mol. The number of ether oxygens (including phenoxy) is 1. The second-order valence-corrected chi connectivity index (χ2v) is 5.59. The van der Waals surface area contributed by atoms with Gasteiger partial charge in [0.15, 0.2) is 5.78 Å². The van der Waals surface area contributed by atoms with E-state index in [1.807, 2.05) is 0 Å². The molecule has 0 aliphatic heterocycles. The Labute approximate surface area is 155 Å². The smallest absolute Gasteiger partial charge is 0.312 e. The van der Waals surface area contributed by atoms with Crippen LogP contribution in [0.15, 0.2) is 48.5 Å². The van der Waals surface area contributed by atoms with Crippen molar-refractivity contribution in [3.05, 3.63) is 69.8 Å². The molecule has 0 radical (unpaired) electrons. The lowest BCUT2D eigenvalue weighted by molar-refractivity contribution is -0.384. The number of hydrogen-bond acceptors (Lipinski definition) is 6. The zero-order chi connectivity index (χ0) is 19.8. The fraction of sp³-hybridized carbons (Fsp3) is 0.211. The molecule has 8 heteroatoms. The van der Waals surface area contributed by atoms with E-state index in [4.69, 9.17) is 4.74 Å². The van der Waals surface area contributed by atoms with E-state index in [2.05, 4.69) is 5.32 Å². The number of amides is 1. The molecule has 0 unspecified atom stereocenters. The minimum Gasteiger partial charge on any atom is -0.426 e. The minimum atomic E-state index is -0.553. The maximum atomic E-state index is 11.9. The zero-order valence-corrected chi connectivity index (χ0v) is 14.6. The third-order valence-corrected chi connectivity index (χ3v) is 3.68. The Balaban J connectivity index is 1.79. The van der Waals surface area contributed by atoms with E-state index < -0.39 is 16.8 Å². The Kier molecular flexibility index (Phi) is 6.76. The van der Waals surface area contributed by atoms with Gasteiger partial charge in [-0.1, -0.05) is 6.92 Å². The maximum absolute atomic E-state index is 11.9. The molecule has 0 saturated carbocycles. The fourth-order valence-corrected chi connectivity index (χ4v) is 2.21. The molecule has 8 nitrogen and oxygen atoms in total. The Morgan fingerprint density at radius 3 is 2.15 bits per heavy atom. The average molecular weight is 370 g/mol. The molecule has 0 aromatic heterocycles. The first kappa shape index (κ1) is 19.8. The summed E-state index contributed by atoms with van der Waals surface area (Å²) < 4.78 is 5.14. The molecule has 27 heavy (non-hydrogen) atoms. The van der Waals surface area contributed by atoms with Crippen LogP contribution in [0.2, 0.25) is 0 Å². The van der Waals surface area contributed by atoms with Crippen molar-refractivity contribution in [1.29, 1.82) is 0 Å². The maximum Gasteiger partial charge on any atom is 0.312 e. The predicted molar refractivity (Wildman–Crippen MR) is 96.7 cm³/mol. The van der Waals surface area contributed by atoms with Crippen LogP contribution in [-0.2, 0) is 4.79 Å². The van der Waals surface area contributed by atoms with E-state index in [1.54, 1.807) is 19.1 Å². The van der Waals surface area contributed by atoms with Crippen molar-refractivity contribution in [1.82, 2.24) is 5.32 Å². The topological polar surface area (TPSA) is 116 Å². The van der Waals surface area contributed by atoms with Crippen molar-refractivity contribution in [2.24, 2.45) is 0 Å². The summed E-state index contributed by atoms with van der Waals surface area (Å²) in [6, 6.07) is 11.4. The van der Waals surface area contributed by atoms with Gasteiger partial charge >= 0.3 is 5.97 Å². The molecule has 0 aliphatic carbocycles. The van der Waals surface area contributed by atoms with Gasteiger partial charge in [-0.25, -0.2) is 0 Å². The normalized spacial score (nSPS) is 10.1. The number of carbonyl (C=O) groups excluding carboxylic acids is 3. The number of nitro benzene ring substituents is 1. The molecule has 2 rings (SSSR count). The molecule has 0 saturated heterocycles. The largest absolute Gasteiger partial charge is 0.426 e. The predicted octanol–water partition coefficient (Wildman–Crippen LogP) is 2.91. The molecule has 0 aliphatic rings. The minimum absolute atomic E-state index is 0.00170. The number of esters is 1. The molecule has 140 valence electrons. The van der Waals surface area contributed by atoms with Gasteiger partial charge < -0.3 is 10.1 Å². The van der Waals surface area contributed by atoms with Crippen molar-refractivity contribution in [3.8, 4) is 5.75 Å². The molecule has 0 heterocycles. The third-order valence-electron chi connectivity index (χ3n) is 3.68. The summed E-state index contributed by atoms with van der Waals surface area (Å²) in [5.74, 6) is -0.662. The lowest BCUT2D eigenvalue weighted by Crippen LogP contribution is -2.27. The monoisotopic (exact) mass is 370 g/mol. The van der Waals surface area contributed by atoms with Crippen molar-refractivity contribution in [2.45, 2.75) is 19.8 Å². The van der Waals surface area contributed by atoms with Gasteiger partial charge in [0.1, 0.15) is 5.75 Å². The van der Waals surface area contributed by atoms with Gasteiger partial charge in [0.05, 0.1) is 11.3 Å². The second-order valence-electron chi connectivity index (χ2n) is 5.59. The number of nitrogens with one attached hydrogen (secondary N) is 1. The van der Waals surface area contributed by atoms with Gasteiger partial charge in [-0.3, -0.25) is 24.5 Å². The lowest BCUT2D eigenvalue weighted by atomic mass is 10.1. The summed E-state index contributed by atoms with van der Waals surface area (Å²) >= 11 is 0. The first-order valence-corrected chi connectivity index (χ1v) is 8.27. The van der Waals surface area contributed by atoms with E-state index in [0.29, 0.717) is 17.7 Å². The number of nitrogens with zero attached hydrogens (tertiary/aromatic N) is 1. The van der Waals surface area contributed by atoms with Gasteiger partial charge in [0.2, 0.25) is 0 Å².